The van der Waals surface area contributed by atoms with Crippen molar-refractivity contribution in [2.75, 3.05) is 6.61 Å². The minimum atomic E-state index is -0.123. The van der Waals surface area contributed by atoms with Crippen molar-refractivity contribution in [1.82, 2.24) is 0 Å². The Morgan fingerprint density at radius 2 is 2.08 bits per heavy atom. The number of hydrogen-bond acceptors (Lipinski definition) is 2. The van der Waals surface area contributed by atoms with Crippen molar-refractivity contribution in [2.24, 2.45) is 5.41 Å². The van der Waals surface area contributed by atoms with Crippen LogP contribution in [0.4, 0.5) is 0 Å². The van der Waals surface area contributed by atoms with Gasteiger partial charge in [-0.3, -0.25) is 0 Å². The molecule has 1 N–H and O–H groups in total. The van der Waals surface area contributed by atoms with E-state index < -0.39 is 0 Å². The van der Waals surface area contributed by atoms with Crippen molar-refractivity contribution in [3.8, 4) is 0 Å². The molecule has 2 unspecified atom stereocenters. The molecule has 0 aromatic heterocycles. The molecular weight excluding hydrogens is 164 g/mol. The van der Waals surface area contributed by atoms with Crippen LogP contribution >= 0.6 is 0 Å². The molecule has 1 spiro atoms. The van der Waals surface area contributed by atoms with Crippen LogP contribution in [0.1, 0.15) is 46.0 Å². The number of rotatable bonds is 0. The summed E-state index contributed by atoms with van der Waals surface area (Å²) in [5.41, 5.74) is 0.443. The van der Waals surface area contributed by atoms with E-state index in [1.165, 1.54) is 6.42 Å². The van der Waals surface area contributed by atoms with Crippen LogP contribution in [0.25, 0.3) is 0 Å². The van der Waals surface area contributed by atoms with Crippen LogP contribution in [-0.4, -0.2) is 23.4 Å². The van der Waals surface area contributed by atoms with Crippen molar-refractivity contribution in [2.45, 2.75) is 57.7 Å². The van der Waals surface area contributed by atoms with E-state index in [-0.39, 0.29) is 11.7 Å². The molecule has 2 aliphatic rings. The summed E-state index contributed by atoms with van der Waals surface area (Å²) >= 11 is 0. The summed E-state index contributed by atoms with van der Waals surface area (Å²) in [5.74, 6) is 0. The van der Waals surface area contributed by atoms with Gasteiger partial charge in [-0.15, -0.1) is 0 Å². The Morgan fingerprint density at radius 3 is 2.62 bits per heavy atom. The molecule has 0 aromatic rings. The number of ether oxygens (including phenoxy) is 1. The van der Waals surface area contributed by atoms with E-state index in [1.807, 2.05) is 0 Å². The monoisotopic (exact) mass is 184 g/mol. The molecule has 2 rings (SSSR count). The second-order valence-electron chi connectivity index (χ2n) is 5.52. The largest absolute Gasteiger partial charge is 0.393 e. The van der Waals surface area contributed by atoms with E-state index in [0.717, 1.165) is 32.3 Å². The fraction of sp³-hybridized carbons (Fsp3) is 1.00. The lowest BCUT2D eigenvalue weighted by Gasteiger charge is -2.37. The molecule has 1 aliphatic carbocycles. The van der Waals surface area contributed by atoms with Gasteiger partial charge >= 0.3 is 0 Å². The maximum Gasteiger partial charge on any atom is 0.0712 e. The van der Waals surface area contributed by atoms with Crippen LogP contribution in [0.3, 0.4) is 0 Å². The molecule has 2 nitrogen and oxygen atoms in total. The van der Waals surface area contributed by atoms with Gasteiger partial charge in [-0.2, -0.15) is 0 Å². The highest BCUT2D eigenvalue weighted by Gasteiger charge is 2.46. The molecule has 2 heteroatoms. The Morgan fingerprint density at radius 1 is 1.31 bits per heavy atom. The van der Waals surface area contributed by atoms with Gasteiger partial charge in [-0.25, -0.2) is 0 Å². The Bertz CT molecular complexity index is 200. The summed E-state index contributed by atoms with van der Waals surface area (Å²) in [6, 6.07) is 0. The van der Waals surface area contributed by atoms with Crippen LogP contribution in [0.2, 0.25) is 0 Å². The topological polar surface area (TPSA) is 29.5 Å². The van der Waals surface area contributed by atoms with Crippen molar-refractivity contribution < 1.29 is 9.84 Å². The van der Waals surface area contributed by atoms with E-state index in [9.17, 15) is 5.11 Å². The van der Waals surface area contributed by atoms with Crippen LogP contribution in [0, 0.1) is 5.41 Å². The standard InChI is InChI=1S/C11H20O2/c1-10(2)4-5-11(8-10)7-9(12)3-6-13-11/h9,12H,3-8H2,1-2H3. The first-order chi connectivity index (χ1) is 6.02. The molecule has 0 radical (unpaired) electrons. The highest BCUT2D eigenvalue weighted by atomic mass is 16.5. The molecule has 1 saturated heterocycles. The van der Waals surface area contributed by atoms with E-state index in [2.05, 4.69) is 13.8 Å². The highest BCUT2D eigenvalue weighted by molar-refractivity contribution is 4.98. The molecule has 1 aliphatic heterocycles. The second kappa shape index (κ2) is 2.96. The Balaban J connectivity index is 2.05. The van der Waals surface area contributed by atoms with Crippen LogP contribution in [0.5, 0.6) is 0 Å². The summed E-state index contributed by atoms with van der Waals surface area (Å²) < 4.78 is 5.87. The predicted molar refractivity (Wildman–Crippen MR) is 51.6 cm³/mol. The minimum absolute atomic E-state index is 0.0289. The third-order valence-corrected chi connectivity index (χ3v) is 3.53. The number of aliphatic hydroxyl groups is 1. The molecule has 1 saturated carbocycles. The van der Waals surface area contributed by atoms with Gasteiger partial charge in [0, 0.05) is 13.0 Å². The molecule has 0 bridgehead atoms. The van der Waals surface area contributed by atoms with E-state index in [1.54, 1.807) is 0 Å². The summed E-state index contributed by atoms with van der Waals surface area (Å²) in [7, 11) is 0. The smallest absolute Gasteiger partial charge is 0.0712 e. The minimum Gasteiger partial charge on any atom is -0.393 e. The molecule has 2 fully saturated rings. The lowest BCUT2D eigenvalue weighted by molar-refractivity contribution is -0.118. The van der Waals surface area contributed by atoms with Crippen LogP contribution < -0.4 is 0 Å². The van der Waals surface area contributed by atoms with E-state index in [0.29, 0.717) is 5.41 Å². The predicted octanol–water partition coefficient (Wildman–Crippen LogP) is 2.11. The van der Waals surface area contributed by atoms with Gasteiger partial charge in [-0.1, -0.05) is 13.8 Å². The van der Waals surface area contributed by atoms with Gasteiger partial charge in [0.1, 0.15) is 0 Å². The zero-order chi connectivity index (χ0) is 9.53. The summed E-state index contributed by atoms with van der Waals surface area (Å²) in [6.07, 6.45) is 5.05. The molecule has 0 amide bonds. The van der Waals surface area contributed by atoms with E-state index >= 15 is 0 Å². The molecule has 1 heterocycles. The second-order valence-corrected chi connectivity index (χ2v) is 5.52. The lowest BCUT2D eigenvalue weighted by Crippen LogP contribution is -2.40. The van der Waals surface area contributed by atoms with Gasteiger partial charge in [0.2, 0.25) is 0 Å². The van der Waals surface area contributed by atoms with Crippen molar-refractivity contribution in [3.05, 3.63) is 0 Å². The molecule has 2 atom stereocenters. The quantitative estimate of drug-likeness (QED) is 0.624. The SMILES string of the molecule is CC1(C)CCC2(CC(O)CCO2)C1. The zero-order valence-electron chi connectivity index (χ0n) is 8.68. The first kappa shape index (κ1) is 9.47. The molecule has 76 valence electrons. The van der Waals surface area contributed by atoms with Crippen molar-refractivity contribution in [1.29, 1.82) is 0 Å². The molecule has 0 aromatic carbocycles. The third kappa shape index (κ3) is 1.89. The Hall–Kier alpha value is -0.0800. The average molecular weight is 184 g/mol. The highest BCUT2D eigenvalue weighted by Crippen LogP contribution is 2.49. The first-order valence-corrected chi connectivity index (χ1v) is 5.34. The van der Waals surface area contributed by atoms with E-state index in [4.69, 9.17) is 4.74 Å². The lowest BCUT2D eigenvalue weighted by atomic mass is 9.85. The summed E-state index contributed by atoms with van der Waals surface area (Å²) in [6.45, 7) is 5.34. The van der Waals surface area contributed by atoms with Crippen molar-refractivity contribution >= 4 is 0 Å². The number of hydrogen-bond donors (Lipinski definition) is 1. The molecule has 13 heavy (non-hydrogen) atoms. The number of aliphatic hydroxyl groups excluding tert-OH is 1. The summed E-state index contributed by atoms with van der Waals surface area (Å²) in [5, 5.41) is 9.63. The van der Waals surface area contributed by atoms with Crippen LogP contribution in [-0.2, 0) is 4.74 Å². The maximum absolute atomic E-state index is 9.63. The van der Waals surface area contributed by atoms with Crippen LogP contribution in [0.15, 0.2) is 0 Å². The van der Waals surface area contributed by atoms with Gasteiger partial charge < -0.3 is 9.84 Å². The first-order valence-electron chi connectivity index (χ1n) is 5.34. The van der Waals surface area contributed by atoms with Crippen molar-refractivity contribution in [3.63, 3.8) is 0 Å². The van der Waals surface area contributed by atoms with Gasteiger partial charge in [0.25, 0.3) is 0 Å². The normalized spacial score (nSPS) is 44.1. The van der Waals surface area contributed by atoms with Gasteiger partial charge in [-0.05, 0) is 31.1 Å². The summed E-state index contributed by atoms with van der Waals surface area (Å²) in [4.78, 5) is 0. The zero-order valence-corrected chi connectivity index (χ0v) is 8.68. The Labute approximate surface area is 80.3 Å². The average Bonchev–Trinajstić information content (AvgIpc) is 2.26. The van der Waals surface area contributed by atoms with Gasteiger partial charge in [0.05, 0.1) is 11.7 Å². The van der Waals surface area contributed by atoms with Gasteiger partial charge in [0.15, 0.2) is 0 Å². The maximum atomic E-state index is 9.63. The molecular formula is C11H20O2. The fourth-order valence-electron chi connectivity index (χ4n) is 2.91. The third-order valence-electron chi connectivity index (χ3n) is 3.53. The fourth-order valence-corrected chi connectivity index (χ4v) is 2.91. The Kier molecular flexibility index (Phi) is 2.16.